The third-order valence-corrected chi connectivity index (χ3v) is 4.97. The molecular weight excluding hydrogens is 446 g/mol. The molecule has 0 bridgehead atoms. The van der Waals surface area contributed by atoms with E-state index in [1.165, 1.54) is 0 Å². The molecule has 35 heavy (non-hydrogen) atoms. The molecule has 0 saturated heterocycles. The first-order valence-corrected chi connectivity index (χ1v) is 11.4. The molecule has 3 rings (SSSR count). The molecule has 2 aromatic carbocycles. The predicted molar refractivity (Wildman–Crippen MR) is 140 cm³/mol. The second-order valence-electron chi connectivity index (χ2n) is 7.70. The quantitative estimate of drug-likeness (QED) is 0.491. The largest absolute Gasteiger partial charge is 0.487 e. The number of aryl methyl sites for hydroxylation is 1. The molecule has 0 radical (unpaired) electrons. The second-order valence-corrected chi connectivity index (χ2v) is 7.70. The molecule has 186 valence electrons. The van der Waals surface area contributed by atoms with Crippen molar-refractivity contribution in [3.8, 4) is 11.5 Å². The molecule has 0 spiro atoms. The molecule has 0 aliphatic carbocycles. The van der Waals surface area contributed by atoms with Gasteiger partial charge in [0.15, 0.2) is 11.5 Å². The van der Waals surface area contributed by atoms with Gasteiger partial charge in [0.2, 0.25) is 0 Å². The van der Waals surface area contributed by atoms with Crippen LogP contribution in [0.2, 0.25) is 0 Å². The fourth-order valence-electron chi connectivity index (χ4n) is 3.20. The van der Waals surface area contributed by atoms with Crippen LogP contribution in [0.3, 0.4) is 0 Å². The maximum Gasteiger partial charge on any atom is 0.161 e. The van der Waals surface area contributed by atoms with E-state index in [-0.39, 0.29) is 0 Å². The lowest BCUT2D eigenvalue weighted by atomic mass is 10.2. The SMILES string of the molecule is C=C1/N=C\NC(=NCc2ccc(OCCOC)c(OCCOC)c2)C/C=N\N1c1cccc(C)c1. The number of hydrogen-bond acceptors (Lipinski definition) is 8. The summed E-state index contributed by atoms with van der Waals surface area (Å²) in [6.07, 6.45) is 3.89. The number of rotatable bonds is 11. The lowest BCUT2D eigenvalue weighted by molar-refractivity contribution is 0.132. The van der Waals surface area contributed by atoms with Gasteiger partial charge in [0.1, 0.15) is 24.9 Å². The van der Waals surface area contributed by atoms with Gasteiger partial charge in [0, 0.05) is 26.9 Å². The molecular formula is C26H33N5O4. The lowest BCUT2D eigenvalue weighted by Gasteiger charge is -2.18. The van der Waals surface area contributed by atoms with Crippen molar-refractivity contribution in [3.63, 3.8) is 0 Å². The molecule has 9 heteroatoms. The van der Waals surface area contributed by atoms with Crippen LogP contribution in [-0.2, 0) is 16.0 Å². The second kappa shape index (κ2) is 13.9. The first kappa shape index (κ1) is 25.9. The zero-order chi connectivity index (χ0) is 24.9. The maximum absolute atomic E-state index is 5.86. The topological polar surface area (TPSA) is 89.3 Å². The van der Waals surface area contributed by atoms with Crippen LogP contribution in [0, 0.1) is 6.92 Å². The Hall–Kier alpha value is -3.69. The Kier molecular flexibility index (Phi) is 10.3. The van der Waals surface area contributed by atoms with Crippen LogP contribution in [0.15, 0.2) is 70.0 Å². The minimum atomic E-state index is 0.422. The average Bonchev–Trinajstić information content (AvgIpc) is 2.94. The predicted octanol–water partition coefficient (Wildman–Crippen LogP) is 3.93. The molecule has 1 aliphatic heterocycles. The number of hydrazone groups is 1. The minimum absolute atomic E-state index is 0.422. The normalized spacial score (nSPS) is 16.7. The minimum Gasteiger partial charge on any atom is -0.487 e. The summed E-state index contributed by atoms with van der Waals surface area (Å²) < 4.78 is 21.8. The number of aliphatic imine (C=N–C) groups is 2. The highest BCUT2D eigenvalue weighted by Crippen LogP contribution is 2.29. The van der Waals surface area contributed by atoms with Gasteiger partial charge in [-0.15, -0.1) is 0 Å². The molecule has 0 amide bonds. The van der Waals surface area contributed by atoms with E-state index in [0.717, 1.165) is 22.6 Å². The summed E-state index contributed by atoms with van der Waals surface area (Å²) in [7, 11) is 3.27. The standard InChI is InChI=1S/C26H33N5O4/c1-20-6-5-7-23(16-20)31-21(2)28-19-29-26(10-11-30-31)27-18-22-8-9-24(34-14-12-32-3)25(17-22)35-15-13-33-4/h5-9,11,16-17,19H,2,10,12-15,18H2,1,3-4H3,(H,27,28,29)/b30-11-. The van der Waals surface area contributed by atoms with Gasteiger partial charge in [0.05, 0.1) is 31.8 Å². The van der Waals surface area contributed by atoms with Crippen molar-refractivity contribution >= 4 is 24.1 Å². The van der Waals surface area contributed by atoms with E-state index in [4.69, 9.17) is 23.9 Å². The van der Waals surface area contributed by atoms with E-state index in [2.05, 4.69) is 22.0 Å². The van der Waals surface area contributed by atoms with Gasteiger partial charge < -0.3 is 24.3 Å². The summed E-state index contributed by atoms with van der Waals surface area (Å²) in [5, 5.41) is 9.41. The van der Waals surface area contributed by atoms with Crippen molar-refractivity contribution in [2.45, 2.75) is 19.9 Å². The number of amidine groups is 1. The first-order valence-electron chi connectivity index (χ1n) is 11.4. The fraction of sp³-hybridized carbons (Fsp3) is 0.346. The highest BCUT2D eigenvalue weighted by atomic mass is 16.5. The van der Waals surface area contributed by atoms with Crippen molar-refractivity contribution in [2.24, 2.45) is 15.1 Å². The number of nitrogens with zero attached hydrogens (tertiary/aromatic N) is 4. The van der Waals surface area contributed by atoms with Crippen LogP contribution in [-0.4, -0.2) is 59.0 Å². The fourth-order valence-corrected chi connectivity index (χ4v) is 3.20. The molecule has 0 atom stereocenters. The summed E-state index contributed by atoms with van der Waals surface area (Å²) in [5.74, 6) is 2.54. The highest BCUT2D eigenvalue weighted by Gasteiger charge is 2.11. The molecule has 0 saturated carbocycles. The molecule has 0 unspecified atom stereocenters. The zero-order valence-electron chi connectivity index (χ0n) is 20.6. The Morgan fingerprint density at radius 3 is 2.51 bits per heavy atom. The van der Waals surface area contributed by atoms with Crippen LogP contribution >= 0.6 is 0 Å². The van der Waals surface area contributed by atoms with E-state index in [9.17, 15) is 0 Å². The number of methoxy groups -OCH3 is 2. The first-order chi connectivity index (χ1) is 17.1. The zero-order valence-corrected chi connectivity index (χ0v) is 20.6. The van der Waals surface area contributed by atoms with Crippen LogP contribution < -0.4 is 19.8 Å². The summed E-state index contributed by atoms with van der Waals surface area (Å²) in [5.41, 5.74) is 3.01. The molecule has 0 aromatic heterocycles. The van der Waals surface area contributed by atoms with E-state index < -0.39 is 0 Å². The summed E-state index contributed by atoms with van der Waals surface area (Å²) in [6.45, 7) is 8.35. The number of anilines is 1. The van der Waals surface area contributed by atoms with Crippen molar-refractivity contribution in [2.75, 3.05) is 45.7 Å². The smallest absolute Gasteiger partial charge is 0.161 e. The summed E-state index contributed by atoms with van der Waals surface area (Å²) in [6, 6.07) is 13.8. The molecule has 9 nitrogen and oxygen atoms in total. The van der Waals surface area contributed by atoms with Gasteiger partial charge in [-0.1, -0.05) is 24.8 Å². The number of nitrogens with one attached hydrogen (secondary N) is 1. The van der Waals surface area contributed by atoms with E-state index in [0.29, 0.717) is 56.7 Å². The summed E-state index contributed by atoms with van der Waals surface area (Å²) in [4.78, 5) is 9.09. The molecule has 2 aromatic rings. The van der Waals surface area contributed by atoms with E-state index in [1.807, 2.05) is 49.4 Å². The molecule has 1 aliphatic rings. The highest BCUT2D eigenvalue weighted by molar-refractivity contribution is 6.00. The van der Waals surface area contributed by atoms with Crippen LogP contribution in [0.5, 0.6) is 11.5 Å². The summed E-state index contributed by atoms with van der Waals surface area (Å²) >= 11 is 0. The number of benzene rings is 2. The van der Waals surface area contributed by atoms with Gasteiger partial charge >= 0.3 is 0 Å². The van der Waals surface area contributed by atoms with E-state index >= 15 is 0 Å². The van der Waals surface area contributed by atoms with Gasteiger partial charge in [-0.2, -0.15) is 5.10 Å². The van der Waals surface area contributed by atoms with Crippen molar-refractivity contribution < 1.29 is 18.9 Å². The van der Waals surface area contributed by atoms with Crippen LogP contribution in [0.4, 0.5) is 5.69 Å². The van der Waals surface area contributed by atoms with Gasteiger partial charge in [-0.25, -0.2) is 10.0 Å². The van der Waals surface area contributed by atoms with Crippen molar-refractivity contribution in [1.29, 1.82) is 0 Å². The molecule has 1 heterocycles. The molecule has 1 N–H and O–H groups in total. The third kappa shape index (κ3) is 8.24. The van der Waals surface area contributed by atoms with Gasteiger partial charge in [-0.3, -0.25) is 4.99 Å². The van der Waals surface area contributed by atoms with Gasteiger partial charge in [-0.05, 0) is 42.3 Å². The Balaban J connectivity index is 1.71. The van der Waals surface area contributed by atoms with Crippen molar-refractivity contribution in [3.05, 3.63) is 66.0 Å². The Morgan fingerprint density at radius 2 is 1.77 bits per heavy atom. The number of hydrogen-bond donors (Lipinski definition) is 1. The molecule has 0 fully saturated rings. The monoisotopic (exact) mass is 479 g/mol. The van der Waals surface area contributed by atoms with Gasteiger partial charge in [0.25, 0.3) is 0 Å². The van der Waals surface area contributed by atoms with Crippen LogP contribution in [0.25, 0.3) is 0 Å². The Morgan fingerprint density at radius 1 is 1.00 bits per heavy atom. The Labute approximate surface area is 206 Å². The van der Waals surface area contributed by atoms with Crippen LogP contribution in [0.1, 0.15) is 17.5 Å². The van der Waals surface area contributed by atoms with E-state index in [1.54, 1.807) is 31.8 Å². The third-order valence-electron chi connectivity index (χ3n) is 4.97. The number of ether oxygens (including phenoxy) is 4. The Bertz CT molecular complexity index is 1070. The van der Waals surface area contributed by atoms with Crippen molar-refractivity contribution in [1.82, 2.24) is 5.32 Å². The average molecular weight is 480 g/mol. The lowest BCUT2D eigenvalue weighted by Crippen LogP contribution is -2.22. The maximum atomic E-state index is 5.86.